The summed E-state index contributed by atoms with van der Waals surface area (Å²) in [7, 11) is 0. The topological polar surface area (TPSA) is 55.3 Å². The van der Waals surface area contributed by atoms with E-state index in [0.717, 1.165) is 69.9 Å². The number of carbonyl (C=O) groups excluding carboxylic acids is 1. The molecule has 1 spiro atoms. The van der Waals surface area contributed by atoms with Crippen LogP contribution in [0.4, 0.5) is 0 Å². The lowest BCUT2D eigenvalue weighted by molar-refractivity contribution is -0.137. The van der Waals surface area contributed by atoms with Gasteiger partial charge in [-0.1, -0.05) is 0 Å². The Kier molecular flexibility index (Phi) is 4.29. The molecule has 2 saturated heterocycles. The molecular formula is C19H27N3O2. The van der Waals surface area contributed by atoms with Gasteiger partial charge in [-0.15, -0.1) is 0 Å². The smallest absolute Gasteiger partial charge is 0.222 e. The summed E-state index contributed by atoms with van der Waals surface area (Å²) >= 11 is 0. The van der Waals surface area contributed by atoms with Gasteiger partial charge in [-0.25, -0.2) is 9.97 Å². The molecule has 4 rings (SSSR count). The van der Waals surface area contributed by atoms with Gasteiger partial charge >= 0.3 is 0 Å². The van der Waals surface area contributed by atoms with Crippen molar-refractivity contribution >= 4 is 5.91 Å². The Morgan fingerprint density at radius 1 is 1.17 bits per heavy atom. The molecule has 1 amide bonds. The van der Waals surface area contributed by atoms with Gasteiger partial charge in [0.25, 0.3) is 0 Å². The maximum Gasteiger partial charge on any atom is 0.222 e. The number of nitrogens with zero attached hydrogens (tertiary/aromatic N) is 3. The summed E-state index contributed by atoms with van der Waals surface area (Å²) < 4.78 is 5.60. The number of hydrogen-bond acceptors (Lipinski definition) is 4. The van der Waals surface area contributed by atoms with Gasteiger partial charge in [0.15, 0.2) is 0 Å². The fourth-order valence-corrected chi connectivity index (χ4v) is 4.47. The van der Waals surface area contributed by atoms with Crippen LogP contribution >= 0.6 is 0 Å². The average molecular weight is 329 g/mol. The quantitative estimate of drug-likeness (QED) is 0.853. The van der Waals surface area contributed by atoms with Crippen molar-refractivity contribution in [3.63, 3.8) is 0 Å². The summed E-state index contributed by atoms with van der Waals surface area (Å²) in [5, 5.41) is 0. The molecule has 3 aliphatic rings. The van der Waals surface area contributed by atoms with E-state index in [1.54, 1.807) is 0 Å². The molecule has 1 aromatic rings. The molecule has 0 saturated carbocycles. The first-order chi connectivity index (χ1) is 11.7. The van der Waals surface area contributed by atoms with Crippen LogP contribution in [-0.2, 0) is 28.8 Å². The Morgan fingerprint density at radius 3 is 2.88 bits per heavy atom. The summed E-state index contributed by atoms with van der Waals surface area (Å²) in [4.78, 5) is 23.8. The van der Waals surface area contributed by atoms with Crippen LogP contribution in [0.25, 0.3) is 0 Å². The number of carbonyl (C=O) groups is 1. The van der Waals surface area contributed by atoms with E-state index in [1.165, 1.54) is 24.1 Å². The average Bonchev–Trinajstić information content (AvgIpc) is 3.04. The number of amides is 1. The van der Waals surface area contributed by atoms with E-state index in [-0.39, 0.29) is 11.3 Å². The third-order valence-corrected chi connectivity index (χ3v) is 5.97. The Balaban J connectivity index is 1.44. The first-order valence-corrected chi connectivity index (χ1v) is 9.36. The highest BCUT2D eigenvalue weighted by Gasteiger charge is 2.41. The lowest BCUT2D eigenvalue weighted by Crippen LogP contribution is -2.47. The second-order valence-electron chi connectivity index (χ2n) is 7.73. The summed E-state index contributed by atoms with van der Waals surface area (Å²) in [5.74, 6) is 1.19. The van der Waals surface area contributed by atoms with Crippen molar-refractivity contribution in [1.82, 2.24) is 14.9 Å². The predicted octanol–water partition coefficient (Wildman–Crippen LogP) is 2.24. The number of aryl methyl sites for hydroxylation is 2. The van der Waals surface area contributed by atoms with Crippen molar-refractivity contribution in [1.29, 1.82) is 0 Å². The van der Waals surface area contributed by atoms with Crippen LogP contribution in [0.3, 0.4) is 0 Å². The zero-order valence-corrected chi connectivity index (χ0v) is 14.6. The maximum atomic E-state index is 12.3. The molecule has 1 atom stereocenters. The zero-order chi connectivity index (χ0) is 16.6. The highest BCUT2D eigenvalue weighted by Crippen LogP contribution is 2.38. The Morgan fingerprint density at radius 2 is 2.04 bits per heavy atom. The van der Waals surface area contributed by atoms with Crippen molar-refractivity contribution in [3.05, 3.63) is 22.8 Å². The van der Waals surface area contributed by atoms with Crippen LogP contribution in [0, 0.1) is 12.3 Å². The molecule has 24 heavy (non-hydrogen) atoms. The molecule has 0 bridgehead atoms. The first kappa shape index (κ1) is 16.0. The molecule has 5 nitrogen and oxygen atoms in total. The highest BCUT2D eigenvalue weighted by molar-refractivity contribution is 5.77. The van der Waals surface area contributed by atoms with E-state index in [4.69, 9.17) is 14.7 Å². The lowest BCUT2D eigenvalue weighted by Gasteiger charge is -2.39. The second kappa shape index (κ2) is 6.43. The van der Waals surface area contributed by atoms with Gasteiger partial charge in [-0.3, -0.25) is 4.79 Å². The molecule has 130 valence electrons. The second-order valence-corrected chi connectivity index (χ2v) is 7.73. The van der Waals surface area contributed by atoms with Crippen LogP contribution in [-0.4, -0.2) is 47.1 Å². The van der Waals surface area contributed by atoms with Gasteiger partial charge in [-0.05, 0) is 51.0 Å². The van der Waals surface area contributed by atoms with Gasteiger partial charge in [0, 0.05) is 49.3 Å². The van der Waals surface area contributed by atoms with Crippen LogP contribution in [0.15, 0.2) is 0 Å². The number of aromatic nitrogens is 2. The van der Waals surface area contributed by atoms with Crippen LogP contribution in [0.1, 0.15) is 54.9 Å². The minimum Gasteiger partial charge on any atom is -0.381 e. The summed E-state index contributed by atoms with van der Waals surface area (Å²) in [6.45, 7) is 5.33. The highest BCUT2D eigenvalue weighted by atomic mass is 16.5. The Hall–Kier alpha value is -1.49. The molecular weight excluding hydrogens is 302 g/mol. The lowest BCUT2D eigenvalue weighted by atomic mass is 9.79. The molecule has 0 radical (unpaired) electrons. The number of ether oxygens (including phenoxy) is 1. The summed E-state index contributed by atoms with van der Waals surface area (Å²) in [6, 6.07) is 0. The third kappa shape index (κ3) is 3.06. The van der Waals surface area contributed by atoms with E-state index in [9.17, 15) is 4.79 Å². The van der Waals surface area contributed by atoms with Crippen molar-refractivity contribution < 1.29 is 9.53 Å². The zero-order valence-electron chi connectivity index (χ0n) is 14.6. The fourth-order valence-electron chi connectivity index (χ4n) is 4.47. The summed E-state index contributed by atoms with van der Waals surface area (Å²) in [6.07, 6.45) is 8.18. The van der Waals surface area contributed by atoms with Crippen molar-refractivity contribution in [2.45, 2.75) is 58.3 Å². The van der Waals surface area contributed by atoms with E-state index in [1.807, 2.05) is 4.90 Å². The minimum absolute atomic E-state index is 0.209. The normalized spacial score (nSPS) is 26.9. The van der Waals surface area contributed by atoms with Crippen LogP contribution in [0.2, 0.25) is 0 Å². The number of piperidine rings is 1. The molecule has 2 aliphatic heterocycles. The van der Waals surface area contributed by atoms with Crippen molar-refractivity contribution in [2.75, 3.05) is 26.3 Å². The largest absolute Gasteiger partial charge is 0.381 e. The molecule has 0 N–H and O–H groups in total. The standard InChI is InChI=1S/C19H27N3O2/c1-14-15-4-2-3-5-16(15)21-17(20-14)7-10-22-12-19(8-6-18(22)23)9-11-24-13-19/h2-13H2,1H3/t19-/m0/s1. The van der Waals surface area contributed by atoms with Gasteiger partial charge in [0.1, 0.15) is 5.82 Å². The van der Waals surface area contributed by atoms with E-state index >= 15 is 0 Å². The fraction of sp³-hybridized carbons (Fsp3) is 0.737. The van der Waals surface area contributed by atoms with Crippen molar-refractivity contribution in [2.24, 2.45) is 5.41 Å². The third-order valence-electron chi connectivity index (χ3n) is 5.97. The van der Waals surface area contributed by atoms with Gasteiger partial charge in [0.05, 0.1) is 6.61 Å². The van der Waals surface area contributed by atoms with Crippen molar-refractivity contribution in [3.8, 4) is 0 Å². The number of fused-ring (bicyclic) bond motifs is 1. The molecule has 2 fully saturated rings. The predicted molar refractivity (Wildman–Crippen MR) is 90.8 cm³/mol. The monoisotopic (exact) mass is 329 g/mol. The number of hydrogen-bond donors (Lipinski definition) is 0. The first-order valence-electron chi connectivity index (χ1n) is 9.36. The minimum atomic E-state index is 0.209. The maximum absolute atomic E-state index is 12.3. The number of rotatable bonds is 3. The molecule has 1 aliphatic carbocycles. The summed E-state index contributed by atoms with van der Waals surface area (Å²) in [5.41, 5.74) is 3.95. The molecule has 5 heteroatoms. The van der Waals surface area contributed by atoms with Gasteiger partial charge < -0.3 is 9.64 Å². The van der Waals surface area contributed by atoms with E-state index in [0.29, 0.717) is 6.42 Å². The Bertz CT molecular complexity index is 638. The molecule has 0 unspecified atom stereocenters. The van der Waals surface area contributed by atoms with Gasteiger partial charge in [-0.2, -0.15) is 0 Å². The van der Waals surface area contributed by atoms with Crippen LogP contribution < -0.4 is 0 Å². The van der Waals surface area contributed by atoms with E-state index < -0.39 is 0 Å². The van der Waals surface area contributed by atoms with Gasteiger partial charge in [0.2, 0.25) is 5.91 Å². The molecule has 1 aromatic heterocycles. The van der Waals surface area contributed by atoms with Crippen LogP contribution in [0.5, 0.6) is 0 Å². The Labute approximate surface area is 143 Å². The SMILES string of the molecule is Cc1nc(CCN2C[C@@]3(CCOC3)CCC2=O)nc2c1CCCC2. The molecule has 0 aromatic carbocycles. The van der Waals surface area contributed by atoms with E-state index in [2.05, 4.69) is 6.92 Å². The number of likely N-dealkylation sites (tertiary alicyclic amines) is 1. The molecule has 3 heterocycles.